The van der Waals surface area contributed by atoms with Crippen LogP contribution in [0.15, 0.2) is 30.3 Å². The zero-order chi connectivity index (χ0) is 12.6. The maximum absolute atomic E-state index is 8.78. The molecule has 2 heteroatoms. The first-order valence-electron chi connectivity index (χ1n) is 7.25. The molecular weight excluding hydrogens is 222 g/mol. The molecule has 0 saturated carbocycles. The van der Waals surface area contributed by atoms with E-state index in [1.165, 1.54) is 44.5 Å². The molecule has 1 aliphatic heterocycles. The SMILES string of the molecule is OCCCCN1CCC(Cc2ccccc2)CC1. The molecule has 0 amide bonds. The van der Waals surface area contributed by atoms with Crippen molar-refractivity contribution >= 4 is 0 Å². The maximum atomic E-state index is 8.78. The Labute approximate surface area is 111 Å². The average Bonchev–Trinajstić information content (AvgIpc) is 2.42. The summed E-state index contributed by atoms with van der Waals surface area (Å²) in [4.78, 5) is 2.55. The van der Waals surface area contributed by atoms with Crippen molar-refractivity contribution in [2.24, 2.45) is 5.92 Å². The van der Waals surface area contributed by atoms with E-state index in [0.29, 0.717) is 6.61 Å². The first kappa shape index (κ1) is 13.6. The lowest BCUT2D eigenvalue weighted by Gasteiger charge is -2.32. The third-order valence-corrected chi connectivity index (χ3v) is 3.96. The van der Waals surface area contributed by atoms with Gasteiger partial charge in [0.15, 0.2) is 0 Å². The first-order chi connectivity index (χ1) is 8.88. The lowest BCUT2D eigenvalue weighted by atomic mass is 9.90. The molecule has 1 aromatic carbocycles. The molecule has 0 atom stereocenters. The van der Waals surface area contributed by atoms with E-state index in [1.54, 1.807) is 0 Å². The van der Waals surface area contributed by atoms with E-state index in [0.717, 1.165) is 18.8 Å². The Balaban J connectivity index is 1.67. The van der Waals surface area contributed by atoms with Crippen LogP contribution >= 0.6 is 0 Å². The number of benzene rings is 1. The maximum Gasteiger partial charge on any atom is 0.0431 e. The van der Waals surface area contributed by atoms with E-state index in [2.05, 4.69) is 35.2 Å². The molecule has 1 aromatic rings. The van der Waals surface area contributed by atoms with Crippen molar-refractivity contribution in [1.29, 1.82) is 0 Å². The minimum absolute atomic E-state index is 0.338. The van der Waals surface area contributed by atoms with Gasteiger partial charge in [-0.05, 0) is 63.2 Å². The molecular formula is C16H25NO. The van der Waals surface area contributed by atoms with Crippen LogP contribution in [-0.4, -0.2) is 36.2 Å². The van der Waals surface area contributed by atoms with Crippen molar-refractivity contribution in [3.05, 3.63) is 35.9 Å². The predicted octanol–water partition coefficient (Wildman–Crippen LogP) is 2.71. The fourth-order valence-corrected chi connectivity index (χ4v) is 2.81. The number of piperidine rings is 1. The smallest absolute Gasteiger partial charge is 0.0431 e. The van der Waals surface area contributed by atoms with Crippen molar-refractivity contribution in [3.63, 3.8) is 0 Å². The lowest BCUT2D eigenvalue weighted by molar-refractivity contribution is 0.175. The van der Waals surface area contributed by atoms with Crippen LogP contribution in [0.3, 0.4) is 0 Å². The summed E-state index contributed by atoms with van der Waals surface area (Å²) in [6.45, 7) is 3.98. The second kappa shape index (κ2) is 7.55. The molecule has 0 spiro atoms. The van der Waals surface area contributed by atoms with Crippen LogP contribution in [0.2, 0.25) is 0 Å². The summed E-state index contributed by atoms with van der Waals surface area (Å²) in [6, 6.07) is 10.9. The second-order valence-corrected chi connectivity index (χ2v) is 5.41. The van der Waals surface area contributed by atoms with Gasteiger partial charge in [0, 0.05) is 6.61 Å². The fraction of sp³-hybridized carbons (Fsp3) is 0.625. The second-order valence-electron chi connectivity index (χ2n) is 5.41. The summed E-state index contributed by atoms with van der Waals surface area (Å²) in [5.41, 5.74) is 1.48. The predicted molar refractivity (Wildman–Crippen MR) is 75.6 cm³/mol. The van der Waals surface area contributed by atoms with Crippen LogP contribution < -0.4 is 0 Å². The highest BCUT2D eigenvalue weighted by Gasteiger charge is 2.18. The van der Waals surface area contributed by atoms with Gasteiger partial charge >= 0.3 is 0 Å². The summed E-state index contributed by atoms with van der Waals surface area (Å²) in [5.74, 6) is 0.862. The Kier molecular flexibility index (Phi) is 5.69. The molecule has 0 unspecified atom stereocenters. The highest BCUT2D eigenvalue weighted by molar-refractivity contribution is 5.15. The average molecular weight is 247 g/mol. The third-order valence-electron chi connectivity index (χ3n) is 3.96. The van der Waals surface area contributed by atoms with Gasteiger partial charge in [0.25, 0.3) is 0 Å². The van der Waals surface area contributed by atoms with Crippen molar-refractivity contribution < 1.29 is 5.11 Å². The number of likely N-dealkylation sites (tertiary alicyclic amines) is 1. The molecule has 1 heterocycles. The summed E-state index contributed by atoms with van der Waals surface area (Å²) in [5, 5.41) is 8.78. The van der Waals surface area contributed by atoms with E-state index >= 15 is 0 Å². The molecule has 1 saturated heterocycles. The van der Waals surface area contributed by atoms with Gasteiger partial charge in [-0.1, -0.05) is 30.3 Å². The number of rotatable bonds is 6. The molecule has 2 nitrogen and oxygen atoms in total. The van der Waals surface area contributed by atoms with Crippen molar-refractivity contribution in [3.8, 4) is 0 Å². The first-order valence-corrected chi connectivity index (χ1v) is 7.25. The van der Waals surface area contributed by atoms with Crippen molar-refractivity contribution in [2.45, 2.75) is 32.1 Å². The normalized spacial score (nSPS) is 18.1. The van der Waals surface area contributed by atoms with Gasteiger partial charge in [0.1, 0.15) is 0 Å². The van der Waals surface area contributed by atoms with E-state index in [4.69, 9.17) is 5.11 Å². The van der Waals surface area contributed by atoms with Gasteiger partial charge < -0.3 is 10.0 Å². The van der Waals surface area contributed by atoms with E-state index in [-0.39, 0.29) is 0 Å². The van der Waals surface area contributed by atoms with Gasteiger partial charge in [0.2, 0.25) is 0 Å². The number of nitrogens with zero attached hydrogens (tertiary/aromatic N) is 1. The monoisotopic (exact) mass is 247 g/mol. The topological polar surface area (TPSA) is 23.5 Å². The number of aliphatic hydroxyl groups is 1. The Morgan fingerprint density at radius 1 is 1.06 bits per heavy atom. The van der Waals surface area contributed by atoms with Crippen LogP contribution in [0.4, 0.5) is 0 Å². The fourth-order valence-electron chi connectivity index (χ4n) is 2.81. The lowest BCUT2D eigenvalue weighted by Crippen LogP contribution is -2.35. The summed E-state index contributed by atoms with van der Waals surface area (Å²) < 4.78 is 0. The number of unbranched alkanes of at least 4 members (excludes halogenated alkanes) is 1. The van der Waals surface area contributed by atoms with E-state index in [9.17, 15) is 0 Å². The van der Waals surface area contributed by atoms with Crippen LogP contribution in [0.5, 0.6) is 0 Å². The molecule has 100 valence electrons. The van der Waals surface area contributed by atoms with Gasteiger partial charge in [-0.2, -0.15) is 0 Å². The molecule has 1 N–H and O–H groups in total. The van der Waals surface area contributed by atoms with Crippen LogP contribution in [-0.2, 0) is 6.42 Å². The number of hydrogen-bond acceptors (Lipinski definition) is 2. The minimum Gasteiger partial charge on any atom is -0.396 e. The Hall–Kier alpha value is -0.860. The van der Waals surface area contributed by atoms with E-state index in [1.807, 2.05) is 0 Å². The number of hydrogen-bond donors (Lipinski definition) is 1. The van der Waals surface area contributed by atoms with Crippen LogP contribution in [0.25, 0.3) is 0 Å². The molecule has 0 aliphatic carbocycles. The molecule has 1 aliphatic rings. The van der Waals surface area contributed by atoms with E-state index < -0.39 is 0 Å². The number of aliphatic hydroxyl groups excluding tert-OH is 1. The summed E-state index contributed by atoms with van der Waals surface area (Å²) in [7, 11) is 0. The Morgan fingerprint density at radius 2 is 1.78 bits per heavy atom. The highest BCUT2D eigenvalue weighted by Crippen LogP contribution is 2.21. The van der Waals surface area contributed by atoms with Crippen molar-refractivity contribution in [1.82, 2.24) is 4.90 Å². The zero-order valence-electron chi connectivity index (χ0n) is 11.2. The molecule has 0 aromatic heterocycles. The summed E-state index contributed by atoms with van der Waals surface area (Å²) >= 11 is 0. The molecule has 2 rings (SSSR count). The highest BCUT2D eigenvalue weighted by atomic mass is 16.2. The van der Waals surface area contributed by atoms with Crippen LogP contribution in [0, 0.1) is 5.92 Å². The molecule has 18 heavy (non-hydrogen) atoms. The summed E-state index contributed by atoms with van der Waals surface area (Å²) in [6.07, 6.45) is 5.98. The van der Waals surface area contributed by atoms with Gasteiger partial charge in [-0.15, -0.1) is 0 Å². The van der Waals surface area contributed by atoms with Gasteiger partial charge in [-0.25, -0.2) is 0 Å². The third kappa shape index (κ3) is 4.43. The minimum atomic E-state index is 0.338. The molecule has 0 bridgehead atoms. The van der Waals surface area contributed by atoms with Crippen molar-refractivity contribution in [2.75, 3.05) is 26.2 Å². The molecule has 0 radical (unpaired) electrons. The Bertz CT molecular complexity index is 317. The Morgan fingerprint density at radius 3 is 2.44 bits per heavy atom. The van der Waals surface area contributed by atoms with Crippen LogP contribution in [0.1, 0.15) is 31.2 Å². The molecule has 1 fully saturated rings. The van der Waals surface area contributed by atoms with Gasteiger partial charge in [0.05, 0.1) is 0 Å². The zero-order valence-corrected chi connectivity index (χ0v) is 11.2. The quantitative estimate of drug-likeness (QED) is 0.781. The standard InChI is InChI=1S/C16H25NO/c18-13-5-4-10-17-11-8-16(9-12-17)14-15-6-2-1-3-7-15/h1-3,6-7,16,18H,4-5,8-14H2. The van der Waals surface area contributed by atoms with Gasteiger partial charge in [-0.3, -0.25) is 0 Å². The largest absolute Gasteiger partial charge is 0.396 e.